The molecule has 0 saturated carbocycles. The Labute approximate surface area is 122 Å². The summed E-state index contributed by atoms with van der Waals surface area (Å²) in [4.78, 5) is 22.1. The van der Waals surface area contributed by atoms with Gasteiger partial charge in [0.05, 0.1) is 5.69 Å². The third-order valence-corrected chi connectivity index (χ3v) is 5.08. The first-order chi connectivity index (χ1) is 9.56. The number of carbonyl (C=O) groups excluding carboxylic acids is 1. The average molecular weight is 292 g/mol. The maximum Gasteiger partial charge on any atom is 0.264 e. The van der Waals surface area contributed by atoms with Crippen molar-refractivity contribution in [2.24, 2.45) is 0 Å². The summed E-state index contributed by atoms with van der Waals surface area (Å²) >= 11 is 1.29. The minimum Gasteiger partial charge on any atom is -0.396 e. The predicted molar refractivity (Wildman–Crippen MR) is 82.9 cm³/mol. The van der Waals surface area contributed by atoms with Gasteiger partial charge in [-0.2, -0.15) is 0 Å². The van der Waals surface area contributed by atoms with Crippen molar-refractivity contribution in [3.8, 4) is 0 Å². The van der Waals surface area contributed by atoms with Gasteiger partial charge in [0.2, 0.25) is 0 Å². The number of amides is 1. The summed E-state index contributed by atoms with van der Waals surface area (Å²) in [7, 11) is 0. The molecule has 0 unspecified atom stereocenters. The Morgan fingerprint density at radius 2 is 1.85 bits per heavy atom. The van der Waals surface area contributed by atoms with Gasteiger partial charge >= 0.3 is 0 Å². The van der Waals surface area contributed by atoms with Crippen molar-refractivity contribution in [1.82, 2.24) is 15.3 Å². The fourth-order valence-corrected chi connectivity index (χ4v) is 3.24. The zero-order valence-corrected chi connectivity index (χ0v) is 12.9. The van der Waals surface area contributed by atoms with E-state index in [4.69, 9.17) is 5.73 Å². The number of nitrogens with zero attached hydrogens (tertiary/aromatic N) is 2. The molecule has 5 nitrogen and oxygen atoms in total. The van der Waals surface area contributed by atoms with Gasteiger partial charge in [-0.3, -0.25) is 4.79 Å². The number of anilines is 1. The Bertz CT molecular complexity index is 610. The van der Waals surface area contributed by atoms with Gasteiger partial charge in [0.15, 0.2) is 0 Å². The van der Waals surface area contributed by atoms with Gasteiger partial charge in [-0.1, -0.05) is 20.8 Å². The van der Waals surface area contributed by atoms with Crippen LogP contribution in [-0.4, -0.2) is 21.4 Å². The molecule has 0 saturated heterocycles. The SMILES string of the molecule is CCC(CC)(CC)NC(=O)c1sc2nccnc2c1N. The number of nitrogens with two attached hydrogens (primary N) is 1. The second kappa shape index (κ2) is 5.75. The summed E-state index contributed by atoms with van der Waals surface area (Å²) in [5.74, 6) is -0.127. The summed E-state index contributed by atoms with van der Waals surface area (Å²) in [6.45, 7) is 6.26. The highest BCUT2D eigenvalue weighted by atomic mass is 32.1. The number of nitrogen functional groups attached to an aromatic ring is 1. The molecule has 0 aromatic carbocycles. The van der Waals surface area contributed by atoms with E-state index in [0.29, 0.717) is 20.9 Å². The van der Waals surface area contributed by atoms with Crippen molar-refractivity contribution >= 4 is 33.3 Å². The van der Waals surface area contributed by atoms with Crippen LogP contribution in [0.1, 0.15) is 49.7 Å². The first-order valence-electron chi connectivity index (χ1n) is 6.88. The lowest BCUT2D eigenvalue weighted by Crippen LogP contribution is -2.47. The molecule has 0 spiro atoms. The lowest BCUT2D eigenvalue weighted by Gasteiger charge is -2.31. The maximum absolute atomic E-state index is 12.5. The highest BCUT2D eigenvalue weighted by molar-refractivity contribution is 7.21. The van der Waals surface area contributed by atoms with Crippen molar-refractivity contribution in [3.05, 3.63) is 17.3 Å². The molecule has 2 heterocycles. The molecule has 3 N–H and O–H groups in total. The smallest absolute Gasteiger partial charge is 0.264 e. The molecule has 2 aromatic heterocycles. The lowest BCUT2D eigenvalue weighted by atomic mass is 9.90. The van der Waals surface area contributed by atoms with Crippen LogP contribution in [0.5, 0.6) is 0 Å². The van der Waals surface area contributed by atoms with E-state index in [0.717, 1.165) is 19.3 Å². The van der Waals surface area contributed by atoms with Gasteiger partial charge in [0.25, 0.3) is 5.91 Å². The largest absolute Gasteiger partial charge is 0.396 e. The van der Waals surface area contributed by atoms with E-state index in [9.17, 15) is 4.79 Å². The molecule has 20 heavy (non-hydrogen) atoms. The Balaban J connectivity index is 2.34. The van der Waals surface area contributed by atoms with E-state index >= 15 is 0 Å². The van der Waals surface area contributed by atoms with E-state index in [2.05, 4.69) is 36.1 Å². The topological polar surface area (TPSA) is 80.9 Å². The van der Waals surface area contributed by atoms with E-state index < -0.39 is 0 Å². The number of hydrogen-bond donors (Lipinski definition) is 2. The van der Waals surface area contributed by atoms with Crippen LogP contribution >= 0.6 is 11.3 Å². The number of thiophene rings is 1. The summed E-state index contributed by atoms with van der Waals surface area (Å²) in [6.07, 6.45) is 5.88. The number of hydrogen-bond acceptors (Lipinski definition) is 5. The van der Waals surface area contributed by atoms with Crippen molar-refractivity contribution in [3.63, 3.8) is 0 Å². The molecule has 0 bridgehead atoms. The van der Waals surface area contributed by atoms with Crippen LogP contribution in [0.4, 0.5) is 5.69 Å². The molecule has 0 radical (unpaired) electrons. The van der Waals surface area contributed by atoms with Crippen LogP contribution in [0.15, 0.2) is 12.4 Å². The lowest BCUT2D eigenvalue weighted by molar-refractivity contribution is 0.0893. The minimum atomic E-state index is -0.166. The monoisotopic (exact) mass is 292 g/mol. The number of nitrogens with one attached hydrogen (secondary N) is 1. The van der Waals surface area contributed by atoms with Gasteiger partial charge in [-0.15, -0.1) is 11.3 Å². The van der Waals surface area contributed by atoms with Gasteiger partial charge in [0, 0.05) is 17.9 Å². The molecule has 108 valence electrons. The van der Waals surface area contributed by atoms with Crippen LogP contribution in [0, 0.1) is 0 Å². The first-order valence-corrected chi connectivity index (χ1v) is 7.70. The zero-order valence-electron chi connectivity index (χ0n) is 12.1. The van der Waals surface area contributed by atoms with Crippen LogP contribution in [0.3, 0.4) is 0 Å². The number of aromatic nitrogens is 2. The van der Waals surface area contributed by atoms with Crippen LogP contribution in [0.25, 0.3) is 10.3 Å². The molecule has 0 aliphatic carbocycles. The van der Waals surface area contributed by atoms with Crippen molar-refractivity contribution in [1.29, 1.82) is 0 Å². The van der Waals surface area contributed by atoms with Crippen LogP contribution in [-0.2, 0) is 0 Å². The van der Waals surface area contributed by atoms with E-state index in [1.807, 2.05) is 0 Å². The van der Waals surface area contributed by atoms with Crippen LogP contribution in [0.2, 0.25) is 0 Å². The van der Waals surface area contributed by atoms with Gasteiger partial charge in [-0.05, 0) is 19.3 Å². The van der Waals surface area contributed by atoms with Crippen molar-refractivity contribution < 1.29 is 4.79 Å². The van der Waals surface area contributed by atoms with E-state index in [1.165, 1.54) is 11.3 Å². The fraction of sp³-hybridized carbons (Fsp3) is 0.500. The van der Waals surface area contributed by atoms with Crippen molar-refractivity contribution in [2.45, 2.75) is 45.6 Å². The molecule has 0 atom stereocenters. The minimum absolute atomic E-state index is 0.127. The molecular formula is C14H20N4OS. The van der Waals surface area contributed by atoms with E-state index in [1.54, 1.807) is 12.4 Å². The maximum atomic E-state index is 12.5. The zero-order chi connectivity index (χ0) is 14.8. The Kier molecular flexibility index (Phi) is 4.23. The standard InChI is InChI=1S/C14H20N4OS/c1-4-14(5-2,6-3)18-12(19)11-9(15)10-13(20-11)17-8-7-16-10/h7-8H,4-6,15H2,1-3H3,(H,18,19). The molecule has 0 fully saturated rings. The Morgan fingerprint density at radius 1 is 1.25 bits per heavy atom. The molecule has 2 rings (SSSR count). The normalized spacial score (nSPS) is 11.8. The third kappa shape index (κ3) is 2.47. The predicted octanol–water partition coefficient (Wildman–Crippen LogP) is 2.97. The molecule has 1 amide bonds. The molecule has 2 aromatic rings. The van der Waals surface area contributed by atoms with Gasteiger partial charge in [0.1, 0.15) is 15.2 Å². The third-order valence-electron chi connectivity index (χ3n) is 3.98. The number of rotatable bonds is 5. The molecule has 6 heteroatoms. The number of fused-ring (bicyclic) bond motifs is 1. The van der Waals surface area contributed by atoms with Gasteiger partial charge in [-0.25, -0.2) is 9.97 Å². The summed E-state index contributed by atoms with van der Waals surface area (Å²) in [6, 6.07) is 0. The number of carbonyl (C=O) groups is 1. The summed E-state index contributed by atoms with van der Waals surface area (Å²) < 4.78 is 0. The highest BCUT2D eigenvalue weighted by Gasteiger charge is 2.28. The second-order valence-corrected chi connectivity index (χ2v) is 5.85. The Hall–Kier alpha value is -1.69. The second-order valence-electron chi connectivity index (χ2n) is 4.85. The fourth-order valence-electron chi connectivity index (χ4n) is 2.33. The first kappa shape index (κ1) is 14.7. The molecule has 0 aliphatic rings. The molecule has 0 aliphatic heterocycles. The van der Waals surface area contributed by atoms with Gasteiger partial charge < -0.3 is 11.1 Å². The quantitative estimate of drug-likeness (QED) is 0.887. The van der Waals surface area contributed by atoms with E-state index in [-0.39, 0.29) is 11.4 Å². The Morgan fingerprint density at radius 3 is 2.40 bits per heavy atom. The molecular weight excluding hydrogens is 272 g/mol. The average Bonchev–Trinajstić information content (AvgIpc) is 2.83. The highest BCUT2D eigenvalue weighted by Crippen LogP contribution is 2.31. The summed E-state index contributed by atoms with van der Waals surface area (Å²) in [5, 5.41) is 3.13. The summed E-state index contributed by atoms with van der Waals surface area (Å²) in [5.41, 5.74) is 6.90. The van der Waals surface area contributed by atoms with Crippen molar-refractivity contribution in [2.75, 3.05) is 5.73 Å². The van der Waals surface area contributed by atoms with Crippen LogP contribution < -0.4 is 11.1 Å².